The second kappa shape index (κ2) is 11.8. The summed E-state index contributed by atoms with van der Waals surface area (Å²) in [6.07, 6.45) is 4.23. The van der Waals surface area contributed by atoms with Crippen LogP contribution in [0.1, 0.15) is 5.56 Å². The van der Waals surface area contributed by atoms with Crippen LogP contribution in [0.15, 0.2) is 77.1 Å². The molecule has 2 N–H and O–H groups in total. The van der Waals surface area contributed by atoms with Gasteiger partial charge < -0.3 is 10.1 Å². The normalized spacial score (nSPS) is 13.5. The SMILES string of the molecule is CS(=O)(=O)CCN=CC1=NNN(c2ccc3ncnc(Nc4ccc(OCc5cccc(F)c5)c(Cl)c4)c3c2)C1. The smallest absolute Gasteiger partial charge is 0.149 e. The maximum atomic E-state index is 13.4. The lowest BCUT2D eigenvalue weighted by atomic mass is 10.2. The maximum absolute atomic E-state index is 13.4. The van der Waals surface area contributed by atoms with Crippen molar-refractivity contribution in [2.75, 3.05) is 35.4 Å². The van der Waals surface area contributed by atoms with Crippen LogP contribution in [0, 0.1) is 5.82 Å². The molecular formula is C27H25ClFN7O3S. The molecule has 5 rings (SSSR count). The van der Waals surface area contributed by atoms with Crippen LogP contribution in [0.5, 0.6) is 5.75 Å². The molecule has 40 heavy (non-hydrogen) atoms. The molecule has 2 heterocycles. The third kappa shape index (κ3) is 7.01. The van der Waals surface area contributed by atoms with Crippen molar-refractivity contribution in [1.29, 1.82) is 0 Å². The number of aliphatic imine (C=N–C) groups is 1. The number of nitrogens with zero attached hydrogens (tertiary/aromatic N) is 5. The second-order valence-corrected chi connectivity index (χ2v) is 11.7. The summed E-state index contributed by atoms with van der Waals surface area (Å²) < 4.78 is 41.7. The Hall–Kier alpha value is -4.29. The van der Waals surface area contributed by atoms with Gasteiger partial charge in [-0.05, 0) is 54.1 Å². The molecule has 0 amide bonds. The molecule has 0 spiro atoms. The summed E-state index contributed by atoms with van der Waals surface area (Å²) >= 11 is 6.46. The van der Waals surface area contributed by atoms with Crippen molar-refractivity contribution in [3.05, 3.63) is 83.4 Å². The molecule has 13 heteroatoms. The fourth-order valence-electron chi connectivity index (χ4n) is 3.90. The third-order valence-electron chi connectivity index (χ3n) is 5.87. The fourth-order valence-corrected chi connectivity index (χ4v) is 4.57. The van der Waals surface area contributed by atoms with Gasteiger partial charge >= 0.3 is 0 Å². The summed E-state index contributed by atoms with van der Waals surface area (Å²) in [5, 5.41) is 10.5. The topological polar surface area (TPSA) is 121 Å². The van der Waals surface area contributed by atoms with Crippen LogP contribution >= 0.6 is 11.6 Å². The van der Waals surface area contributed by atoms with Gasteiger partial charge in [-0.2, -0.15) is 5.10 Å². The fraction of sp³-hybridized carbons (Fsp3) is 0.185. The number of rotatable bonds is 10. The molecule has 1 aliphatic heterocycles. The minimum absolute atomic E-state index is 0.00967. The Morgan fingerprint density at radius 2 is 2.05 bits per heavy atom. The van der Waals surface area contributed by atoms with Gasteiger partial charge in [0.1, 0.15) is 45.9 Å². The summed E-state index contributed by atoms with van der Waals surface area (Å²) in [6, 6.07) is 17.2. The highest BCUT2D eigenvalue weighted by Crippen LogP contribution is 2.32. The molecule has 4 aromatic rings. The lowest BCUT2D eigenvalue weighted by Crippen LogP contribution is -2.31. The highest BCUT2D eigenvalue weighted by atomic mass is 35.5. The molecule has 0 saturated carbocycles. The van der Waals surface area contributed by atoms with E-state index >= 15 is 0 Å². The first-order valence-corrected chi connectivity index (χ1v) is 14.6. The molecule has 3 aromatic carbocycles. The van der Waals surface area contributed by atoms with E-state index in [1.54, 1.807) is 30.5 Å². The molecule has 0 unspecified atom stereocenters. The summed E-state index contributed by atoms with van der Waals surface area (Å²) in [5.74, 6) is 0.724. The number of benzene rings is 3. The average molecular weight is 582 g/mol. The number of ether oxygens (including phenoxy) is 1. The average Bonchev–Trinajstić information content (AvgIpc) is 3.39. The van der Waals surface area contributed by atoms with Crippen molar-refractivity contribution >= 4 is 61.5 Å². The van der Waals surface area contributed by atoms with Gasteiger partial charge in [-0.25, -0.2) is 28.3 Å². The number of anilines is 3. The van der Waals surface area contributed by atoms with Crippen molar-refractivity contribution in [2.45, 2.75) is 6.61 Å². The predicted molar refractivity (Wildman–Crippen MR) is 156 cm³/mol. The van der Waals surface area contributed by atoms with Crippen molar-refractivity contribution in [3.63, 3.8) is 0 Å². The Labute approximate surface area is 235 Å². The van der Waals surface area contributed by atoms with Gasteiger partial charge in [-0.15, -0.1) is 0 Å². The summed E-state index contributed by atoms with van der Waals surface area (Å²) in [5.41, 5.74) is 6.59. The number of hydrogen-bond donors (Lipinski definition) is 2. The summed E-state index contributed by atoms with van der Waals surface area (Å²) in [7, 11) is -3.06. The zero-order valence-corrected chi connectivity index (χ0v) is 23.0. The number of hydrazone groups is 1. The van der Waals surface area contributed by atoms with Gasteiger partial charge in [0, 0.05) is 23.5 Å². The highest BCUT2D eigenvalue weighted by molar-refractivity contribution is 7.90. The lowest BCUT2D eigenvalue weighted by Gasteiger charge is -2.18. The van der Waals surface area contributed by atoms with Gasteiger partial charge in [-0.1, -0.05) is 23.7 Å². The van der Waals surface area contributed by atoms with E-state index < -0.39 is 9.84 Å². The zero-order chi connectivity index (χ0) is 28.1. The van der Waals surface area contributed by atoms with Crippen LogP contribution in [0.3, 0.4) is 0 Å². The van der Waals surface area contributed by atoms with Crippen molar-refractivity contribution in [2.24, 2.45) is 10.1 Å². The van der Waals surface area contributed by atoms with E-state index in [9.17, 15) is 12.8 Å². The first-order chi connectivity index (χ1) is 19.2. The maximum Gasteiger partial charge on any atom is 0.149 e. The Bertz CT molecular complexity index is 1720. The quantitative estimate of drug-likeness (QED) is 0.262. The molecule has 1 aromatic heterocycles. The molecule has 0 saturated heterocycles. The number of sulfone groups is 1. The van der Waals surface area contributed by atoms with Crippen LogP contribution < -0.4 is 20.6 Å². The Balaban J connectivity index is 1.27. The monoisotopic (exact) mass is 581 g/mol. The van der Waals surface area contributed by atoms with Gasteiger partial charge in [0.2, 0.25) is 0 Å². The first kappa shape index (κ1) is 27.3. The number of halogens is 2. The van der Waals surface area contributed by atoms with Crippen molar-refractivity contribution in [3.8, 4) is 5.75 Å². The van der Waals surface area contributed by atoms with Crippen molar-refractivity contribution < 1.29 is 17.5 Å². The van der Waals surface area contributed by atoms with E-state index in [0.29, 0.717) is 40.1 Å². The van der Waals surface area contributed by atoms with E-state index in [4.69, 9.17) is 16.3 Å². The molecule has 0 aliphatic carbocycles. The number of hydrazine groups is 1. The number of nitrogens with one attached hydrogen (secondary N) is 2. The molecule has 0 atom stereocenters. The van der Waals surface area contributed by atoms with Crippen LogP contribution in [-0.2, 0) is 16.4 Å². The van der Waals surface area contributed by atoms with E-state index in [2.05, 4.69) is 30.9 Å². The summed E-state index contributed by atoms with van der Waals surface area (Å²) in [6.45, 7) is 0.813. The second-order valence-electron chi connectivity index (χ2n) is 9.07. The Kier molecular flexibility index (Phi) is 8.08. The van der Waals surface area contributed by atoms with Gasteiger partial charge in [0.25, 0.3) is 0 Å². The van der Waals surface area contributed by atoms with Crippen LogP contribution in [0.25, 0.3) is 10.9 Å². The minimum Gasteiger partial charge on any atom is -0.487 e. The van der Waals surface area contributed by atoms with Crippen LogP contribution in [0.2, 0.25) is 5.02 Å². The first-order valence-electron chi connectivity index (χ1n) is 12.2. The zero-order valence-electron chi connectivity index (χ0n) is 21.4. The molecule has 1 aliphatic rings. The molecule has 0 bridgehead atoms. The van der Waals surface area contributed by atoms with Crippen LogP contribution in [0.4, 0.5) is 21.6 Å². The van der Waals surface area contributed by atoms with Crippen LogP contribution in [-0.4, -0.2) is 55.4 Å². The van der Waals surface area contributed by atoms with E-state index in [1.807, 2.05) is 29.3 Å². The lowest BCUT2D eigenvalue weighted by molar-refractivity contribution is 0.306. The van der Waals surface area contributed by atoms with E-state index in [-0.39, 0.29) is 24.7 Å². The van der Waals surface area contributed by atoms with E-state index in [1.165, 1.54) is 24.7 Å². The Morgan fingerprint density at radius 3 is 2.85 bits per heavy atom. The number of aromatic nitrogens is 2. The molecule has 0 radical (unpaired) electrons. The highest BCUT2D eigenvalue weighted by Gasteiger charge is 2.17. The molecular weight excluding hydrogens is 557 g/mol. The largest absolute Gasteiger partial charge is 0.487 e. The minimum atomic E-state index is -3.06. The van der Waals surface area contributed by atoms with Crippen molar-refractivity contribution in [1.82, 2.24) is 15.5 Å². The number of fused-ring (bicyclic) bond motifs is 1. The third-order valence-corrected chi connectivity index (χ3v) is 7.09. The predicted octanol–water partition coefficient (Wildman–Crippen LogP) is 4.54. The molecule has 206 valence electrons. The Morgan fingerprint density at radius 1 is 1.18 bits per heavy atom. The van der Waals surface area contributed by atoms with Gasteiger partial charge in [-0.3, -0.25) is 10.0 Å². The number of hydrogen-bond acceptors (Lipinski definition) is 10. The molecule has 10 nitrogen and oxygen atoms in total. The van der Waals surface area contributed by atoms with E-state index in [0.717, 1.165) is 16.6 Å². The molecule has 0 fully saturated rings. The summed E-state index contributed by atoms with van der Waals surface area (Å²) in [4.78, 5) is 12.9. The van der Waals surface area contributed by atoms with Gasteiger partial charge in [0.15, 0.2) is 0 Å². The standard InChI is InChI=1S/C27H25ClFN7O3S/c1-40(37,38)10-9-30-14-21-15-36(35-34-21)22-6-7-25-23(13-22)27(32-17-31-25)33-20-5-8-26(24(28)12-20)39-16-18-3-2-4-19(29)11-18/h2-8,11-14,17,35H,9-10,15-16H2,1H3,(H,31,32,33). The van der Waals surface area contributed by atoms with Gasteiger partial charge in [0.05, 0.1) is 35.1 Å².